The fourth-order valence-corrected chi connectivity index (χ4v) is 3.37. The van der Waals surface area contributed by atoms with E-state index in [0.717, 1.165) is 12.0 Å². The first-order valence-electron chi connectivity index (χ1n) is 7.71. The molecule has 0 aliphatic heterocycles. The van der Waals surface area contributed by atoms with Gasteiger partial charge in [-0.25, -0.2) is 4.68 Å². The van der Waals surface area contributed by atoms with Crippen molar-refractivity contribution in [2.24, 2.45) is 0 Å². The Hall–Kier alpha value is -2.88. The van der Waals surface area contributed by atoms with Crippen molar-refractivity contribution in [2.75, 3.05) is 0 Å². The van der Waals surface area contributed by atoms with Crippen LogP contribution in [0.25, 0.3) is 10.8 Å². The molecule has 114 valence electrons. The second-order valence-corrected chi connectivity index (χ2v) is 5.83. The number of hydrogen-bond acceptors (Lipinski definition) is 2. The van der Waals surface area contributed by atoms with Gasteiger partial charge < -0.3 is 0 Å². The van der Waals surface area contributed by atoms with E-state index in [1.54, 1.807) is 24.3 Å². The average Bonchev–Trinajstić information content (AvgIpc) is 3.08. The van der Waals surface area contributed by atoms with Crippen LogP contribution < -0.4 is 11.1 Å². The fraction of sp³-hybridized carbons (Fsp3) is 0.158. The molecular weight excluding hydrogens is 288 g/mol. The molecule has 1 aliphatic rings. The Morgan fingerprint density at radius 3 is 2.39 bits per heavy atom. The van der Waals surface area contributed by atoms with Crippen LogP contribution in [0.3, 0.4) is 0 Å². The molecule has 3 aromatic rings. The molecule has 2 atom stereocenters. The number of aromatic amines is 1. The number of hydrogen-bond donors (Lipinski definition) is 1. The summed E-state index contributed by atoms with van der Waals surface area (Å²) >= 11 is 0. The molecule has 1 N–H and O–H groups in total. The first-order valence-corrected chi connectivity index (χ1v) is 7.71. The zero-order valence-corrected chi connectivity index (χ0v) is 12.5. The third-order valence-electron chi connectivity index (χ3n) is 4.49. The number of rotatable bonds is 2. The van der Waals surface area contributed by atoms with Gasteiger partial charge in [0, 0.05) is 5.92 Å². The number of fused-ring (bicyclic) bond motifs is 1. The number of nitrogens with zero attached hydrogens (tertiary/aromatic N) is 1. The highest BCUT2D eigenvalue weighted by Crippen LogP contribution is 2.36. The minimum Gasteiger partial charge on any atom is -0.267 e. The molecule has 23 heavy (non-hydrogen) atoms. The lowest BCUT2D eigenvalue weighted by Gasteiger charge is -2.22. The van der Waals surface area contributed by atoms with Crippen molar-refractivity contribution in [1.82, 2.24) is 9.78 Å². The van der Waals surface area contributed by atoms with Crippen molar-refractivity contribution < 1.29 is 0 Å². The van der Waals surface area contributed by atoms with Crippen molar-refractivity contribution in [3.8, 4) is 0 Å². The van der Waals surface area contributed by atoms with Crippen LogP contribution in [0, 0.1) is 0 Å². The smallest absolute Gasteiger partial charge is 0.267 e. The highest BCUT2D eigenvalue weighted by atomic mass is 16.2. The molecule has 4 rings (SSSR count). The number of H-pyrrole nitrogens is 1. The van der Waals surface area contributed by atoms with Gasteiger partial charge in [0.25, 0.3) is 11.1 Å². The minimum absolute atomic E-state index is 0.0886. The molecule has 0 fully saturated rings. The summed E-state index contributed by atoms with van der Waals surface area (Å²) in [7, 11) is 0. The molecule has 0 radical (unpaired) electrons. The Balaban J connectivity index is 1.88. The Morgan fingerprint density at radius 1 is 0.913 bits per heavy atom. The summed E-state index contributed by atoms with van der Waals surface area (Å²) < 4.78 is 1.50. The topological polar surface area (TPSA) is 54.9 Å². The predicted octanol–water partition coefficient (Wildman–Crippen LogP) is 2.97. The monoisotopic (exact) mass is 304 g/mol. The van der Waals surface area contributed by atoms with Crippen LogP contribution in [-0.4, -0.2) is 9.78 Å². The van der Waals surface area contributed by atoms with Crippen LogP contribution in [-0.2, 0) is 0 Å². The Labute approximate surface area is 132 Å². The molecule has 0 bridgehead atoms. The van der Waals surface area contributed by atoms with Crippen LogP contribution in [0.4, 0.5) is 0 Å². The van der Waals surface area contributed by atoms with Crippen LogP contribution >= 0.6 is 0 Å². The molecule has 0 saturated carbocycles. The lowest BCUT2D eigenvalue weighted by molar-refractivity contribution is 0.419. The zero-order valence-electron chi connectivity index (χ0n) is 12.5. The lowest BCUT2D eigenvalue weighted by Crippen LogP contribution is -2.34. The van der Waals surface area contributed by atoms with Crippen molar-refractivity contribution in [1.29, 1.82) is 0 Å². The molecule has 0 spiro atoms. The van der Waals surface area contributed by atoms with Crippen molar-refractivity contribution in [3.63, 3.8) is 0 Å². The first kappa shape index (κ1) is 13.8. The van der Waals surface area contributed by atoms with Gasteiger partial charge in [0.1, 0.15) is 0 Å². The van der Waals surface area contributed by atoms with E-state index < -0.39 is 0 Å². The molecular formula is C19H16N2O2. The van der Waals surface area contributed by atoms with Gasteiger partial charge in [0.2, 0.25) is 0 Å². The summed E-state index contributed by atoms with van der Waals surface area (Å²) in [6.07, 6.45) is 4.91. The largest absolute Gasteiger partial charge is 0.273 e. The number of nitrogens with one attached hydrogen (secondary N) is 1. The van der Waals surface area contributed by atoms with E-state index in [0.29, 0.717) is 10.8 Å². The van der Waals surface area contributed by atoms with Crippen LogP contribution in [0.1, 0.15) is 23.9 Å². The zero-order chi connectivity index (χ0) is 15.8. The van der Waals surface area contributed by atoms with Crippen molar-refractivity contribution in [3.05, 3.63) is 93.0 Å². The van der Waals surface area contributed by atoms with E-state index in [-0.39, 0.29) is 23.1 Å². The molecule has 0 saturated heterocycles. The lowest BCUT2D eigenvalue weighted by atomic mass is 9.94. The fourth-order valence-electron chi connectivity index (χ4n) is 3.37. The Kier molecular flexibility index (Phi) is 3.23. The second-order valence-electron chi connectivity index (χ2n) is 5.83. The van der Waals surface area contributed by atoms with Gasteiger partial charge in [-0.15, -0.1) is 0 Å². The SMILES string of the molecule is O=c1[nH]n([C@H]2CC=CC2c2ccccc2)c(=O)c2ccccc12. The maximum atomic E-state index is 12.8. The maximum absolute atomic E-state index is 12.8. The number of allylic oxidation sites excluding steroid dienone is 2. The summed E-state index contributed by atoms with van der Waals surface area (Å²) in [6, 6.07) is 16.9. The maximum Gasteiger partial charge on any atom is 0.273 e. The van der Waals surface area contributed by atoms with Gasteiger partial charge in [-0.1, -0.05) is 54.6 Å². The van der Waals surface area contributed by atoms with Crippen LogP contribution in [0.5, 0.6) is 0 Å². The Bertz CT molecular complexity index is 999. The van der Waals surface area contributed by atoms with E-state index in [9.17, 15) is 9.59 Å². The Morgan fingerprint density at radius 2 is 1.61 bits per heavy atom. The van der Waals surface area contributed by atoms with E-state index >= 15 is 0 Å². The molecule has 1 aliphatic carbocycles. The molecule has 2 aromatic carbocycles. The summed E-state index contributed by atoms with van der Waals surface area (Å²) in [6.45, 7) is 0. The standard InChI is InChI=1S/C19H16N2O2/c22-18-15-9-4-5-10-16(15)19(23)21(20-18)17-12-6-11-14(17)13-7-2-1-3-8-13/h1-11,14,17H,12H2,(H,20,22)/t14?,17-/m0/s1. The molecule has 1 aromatic heterocycles. The number of aromatic nitrogens is 2. The van der Waals surface area contributed by atoms with Crippen molar-refractivity contribution >= 4 is 10.8 Å². The van der Waals surface area contributed by atoms with Gasteiger partial charge in [0.05, 0.1) is 16.8 Å². The summed E-state index contributed by atoms with van der Waals surface area (Å²) in [5, 5.41) is 3.68. The molecule has 4 heteroatoms. The van der Waals surface area contributed by atoms with E-state index in [1.807, 2.05) is 18.2 Å². The third-order valence-corrected chi connectivity index (χ3v) is 4.49. The van der Waals surface area contributed by atoms with E-state index in [4.69, 9.17) is 0 Å². The predicted molar refractivity (Wildman–Crippen MR) is 90.8 cm³/mol. The van der Waals surface area contributed by atoms with E-state index in [2.05, 4.69) is 29.4 Å². The molecule has 0 amide bonds. The summed E-state index contributed by atoms with van der Waals surface area (Å²) in [5.74, 6) is 0.0886. The van der Waals surface area contributed by atoms with Crippen molar-refractivity contribution in [2.45, 2.75) is 18.4 Å². The second kappa shape index (κ2) is 5.39. The average molecular weight is 304 g/mol. The van der Waals surface area contributed by atoms with Gasteiger partial charge in [-0.05, 0) is 24.1 Å². The van der Waals surface area contributed by atoms with Gasteiger partial charge in [-0.3, -0.25) is 14.7 Å². The van der Waals surface area contributed by atoms with Gasteiger partial charge >= 0.3 is 0 Å². The summed E-state index contributed by atoms with van der Waals surface area (Å²) in [5.41, 5.74) is 0.779. The summed E-state index contributed by atoms with van der Waals surface area (Å²) in [4.78, 5) is 25.1. The van der Waals surface area contributed by atoms with E-state index in [1.165, 1.54) is 4.68 Å². The normalized spacial score (nSPS) is 20.2. The quantitative estimate of drug-likeness (QED) is 0.740. The third kappa shape index (κ3) is 2.23. The van der Waals surface area contributed by atoms with Gasteiger partial charge in [0.15, 0.2) is 0 Å². The minimum atomic E-state index is -0.223. The van der Waals surface area contributed by atoms with Crippen LogP contribution in [0.15, 0.2) is 76.3 Å². The number of benzene rings is 2. The molecule has 1 unspecified atom stereocenters. The highest BCUT2D eigenvalue weighted by Gasteiger charge is 2.27. The first-order chi connectivity index (χ1) is 11.3. The molecule has 1 heterocycles. The highest BCUT2D eigenvalue weighted by molar-refractivity contribution is 5.80. The van der Waals surface area contributed by atoms with Gasteiger partial charge in [-0.2, -0.15) is 0 Å². The molecule has 4 nitrogen and oxygen atoms in total. The van der Waals surface area contributed by atoms with Crippen LogP contribution in [0.2, 0.25) is 0 Å².